The molecule has 8 heteroatoms. The van der Waals surface area contributed by atoms with E-state index in [9.17, 15) is 13.2 Å². The molecule has 6 nitrogen and oxygen atoms in total. The van der Waals surface area contributed by atoms with Gasteiger partial charge in [-0.1, -0.05) is 28.1 Å². The topological polar surface area (TPSA) is 96.3 Å². The Labute approximate surface area is 154 Å². The zero-order valence-electron chi connectivity index (χ0n) is 13.3. The maximum Gasteiger partial charge on any atom is 0.307 e. The van der Waals surface area contributed by atoms with Gasteiger partial charge >= 0.3 is 5.97 Å². The number of hydrogen-bond donors (Lipinski definition) is 1. The molecule has 1 N–H and O–H groups in total. The average Bonchev–Trinajstić information content (AvgIpc) is 2.61. The van der Waals surface area contributed by atoms with Crippen molar-refractivity contribution in [3.05, 3.63) is 64.1 Å². The van der Waals surface area contributed by atoms with Crippen LogP contribution in [0.3, 0.4) is 0 Å². The number of nitriles is 1. The van der Waals surface area contributed by atoms with Crippen LogP contribution in [-0.2, 0) is 19.6 Å². The Morgan fingerprint density at radius 3 is 2.32 bits per heavy atom. The number of benzene rings is 2. The van der Waals surface area contributed by atoms with E-state index in [4.69, 9.17) is 5.26 Å². The van der Waals surface area contributed by atoms with Gasteiger partial charge in [0.05, 0.1) is 36.1 Å². The molecule has 0 spiro atoms. The number of carbonyl (C=O) groups excluding carboxylic acids is 1. The van der Waals surface area contributed by atoms with Crippen molar-refractivity contribution in [3.63, 3.8) is 0 Å². The molecule has 0 aliphatic carbocycles. The van der Waals surface area contributed by atoms with Crippen LogP contribution < -0.4 is 4.72 Å². The summed E-state index contributed by atoms with van der Waals surface area (Å²) in [5, 5.41) is 8.80. The van der Waals surface area contributed by atoms with Crippen molar-refractivity contribution < 1.29 is 17.9 Å². The lowest BCUT2D eigenvalue weighted by Gasteiger charge is -2.18. The third kappa shape index (κ3) is 5.13. The fourth-order valence-corrected chi connectivity index (χ4v) is 3.63. The van der Waals surface area contributed by atoms with Crippen LogP contribution in [0.25, 0.3) is 0 Å². The SMILES string of the molecule is COC(=O)CC(NS(=O)(=O)c1ccc(C#N)cc1)c1ccc(Br)cc1. The van der Waals surface area contributed by atoms with E-state index in [2.05, 4.69) is 25.4 Å². The number of hydrogen-bond acceptors (Lipinski definition) is 5. The Morgan fingerprint density at radius 2 is 1.80 bits per heavy atom. The molecule has 0 aliphatic rings. The van der Waals surface area contributed by atoms with Crippen LogP contribution in [0.15, 0.2) is 57.9 Å². The van der Waals surface area contributed by atoms with Crippen molar-refractivity contribution in [2.24, 2.45) is 0 Å². The van der Waals surface area contributed by atoms with Crippen LogP contribution in [0.4, 0.5) is 0 Å². The van der Waals surface area contributed by atoms with Gasteiger partial charge in [-0.05, 0) is 42.0 Å². The zero-order chi connectivity index (χ0) is 18.4. The molecule has 0 aliphatic heterocycles. The molecule has 0 heterocycles. The third-order valence-corrected chi connectivity index (χ3v) is 5.48. The minimum atomic E-state index is -3.88. The van der Waals surface area contributed by atoms with Crippen molar-refractivity contribution in [3.8, 4) is 6.07 Å². The predicted octanol–water partition coefficient (Wildman–Crippen LogP) is 2.90. The van der Waals surface area contributed by atoms with Crippen LogP contribution in [0, 0.1) is 11.3 Å². The summed E-state index contributed by atoms with van der Waals surface area (Å²) in [6.45, 7) is 0. The second kappa shape index (κ2) is 8.25. The van der Waals surface area contributed by atoms with Gasteiger partial charge < -0.3 is 4.74 Å². The molecular formula is C17H15BrN2O4S. The number of ether oxygens (including phenoxy) is 1. The average molecular weight is 423 g/mol. The van der Waals surface area contributed by atoms with Gasteiger partial charge in [-0.25, -0.2) is 13.1 Å². The standard InChI is InChI=1S/C17H15BrN2O4S/c1-24-17(21)10-16(13-4-6-14(18)7-5-13)20-25(22,23)15-8-2-12(11-19)3-9-15/h2-9,16,20H,10H2,1H3. The Bertz CT molecular complexity index is 888. The number of halogens is 1. The third-order valence-electron chi connectivity index (χ3n) is 3.46. The summed E-state index contributed by atoms with van der Waals surface area (Å²) in [5.74, 6) is -0.532. The predicted molar refractivity (Wildman–Crippen MR) is 95.0 cm³/mol. The van der Waals surface area contributed by atoms with Crippen molar-refractivity contribution >= 4 is 31.9 Å². The highest BCUT2D eigenvalue weighted by Gasteiger charge is 2.24. The number of nitrogens with zero attached hydrogens (tertiary/aromatic N) is 1. The van der Waals surface area contributed by atoms with Crippen molar-refractivity contribution in [2.45, 2.75) is 17.4 Å². The molecule has 0 aromatic heterocycles. The molecule has 0 saturated heterocycles. The van der Waals surface area contributed by atoms with E-state index in [1.165, 1.54) is 31.4 Å². The van der Waals surface area contributed by atoms with E-state index in [0.717, 1.165) is 4.47 Å². The second-order valence-corrected chi connectivity index (χ2v) is 7.77. The summed E-state index contributed by atoms with van der Waals surface area (Å²) in [4.78, 5) is 11.7. The van der Waals surface area contributed by atoms with Crippen LogP contribution in [0.1, 0.15) is 23.6 Å². The molecule has 25 heavy (non-hydrogen) atoms. The first-order valence-electron chi connectivity index (χ1n) is 7.20. The number of carbonyl (C=O) groups is 1. The van der Waals surface area contributed by atoms with Crippen LogP contribution in [0.2, 0.25) is 0 Å². The normalized spacial score (nSPS) is 12.2. The van der Waals surface area contributed by atoms with Gasteiger partial charge in [-0.3, -0.25) is 4.79 Å². The van der Waals surface area contributed by atoms with Crippen molar-refractivity contribution in [1.29, 1.82) is 5.26 Å². The number of esters is 1. The maximum atomic E-state index is 12.6. The summed E-state index contributed by atoms with van der Waals surface area (Å²) in [6.07, 6.45) is -0.145. The zero-order valence-corrected chi connectivity index (χ0v) is 15.7. The lowest BCUT2D eigenvalue weighted by molar-refractivity contribution is -0.141. The fraction of sp³-hybridized carbons (Fsp3) is 0.176. The molecule has 2 aromatic carbocycles. The Morgan fingerprint density at radius 1 is 1.20 bits per heavy atom. The fourth-order valence-electron chi connectivity index (χ4n) is 2.14. The van der Waals surface area contributed by atoms with Gasteiger partial charge in [0.1, 0.15) is 0 Å². The highest BCUT2D eigenvalue weighted by Crippen LogP contribution is 2.23. The highest BCUT2D eigenvalue weighted by molar-refractivity contribution is 9.10. The van der Waals surface area contributed by atoms with E-state index >= 15 is 0 Å². The summed E-state index contributed by atoms with van der Waals surface area (Å²) >= 11 is 3.31. The molecule has 0 fully saturated rings. The summed E-state index contributed by atoms with van der Waals surface area (Å²) in [6, 6.07) is 13.6. The first-order valence-corrected chi connectivity index (χ1v) is 9.48. The highest BCUT2D eigenvalue weighted by atomic mass is 79.9. The van der Waals surface area contributed by atoms with Gasteiger partial charge in [0.15, 0.2) is 0 Å². The van der Waals surface area contributed by atoms with E-state index in [1.807, 2.05) is 6.07 Å². The minimum Gasteiger partial charge on any atom is -0.469 e. The number of methoxy groups -OCH3 is 1. The van der Waals surface area contributed by atoms with E-state index in [-0.39, 0.29) is 11.3 Å². The van der Waals surface area contributed by atoms with E-state index < -0.39 is 22.0 Å². The van der Waals surface area contributed by atoms with Crippen molar-refractivity contribution in [2.75, 3.05) is 7.11 Å². The Hall–Kier alpha value is -2.21. The van der Waals surface area contributed by atoms with Gasteiger partial charge in [-0.15, -0.1) is 0 Å². The summed E-state index contributed by atoms with van der Waals surface area (Å²) in [5.41, 5.74) is 0.990. The van der Waals surface area contributed by atoms with Gasteiger partial charge in [-0.2, -0.15) is 5.26 Å². The smallest absolute Gasteiger partial charge is 0.307 e. The van der Waals surface area contributed by atoms with Gasteiger partial charge in [0.25, 0.3) is 0 Å². The largest absolute Gasteiger partial charge is 0.469 e. The number of rotatable bonds is 6. The van der Waals surface area contributed by atoms with E-state index in [1.54, 1.807) is 24.3 Å². The molecule has 0 bridgehead atoms. The first kappa shape index (κ1) is 19.1. The maximum absolute atomic E-state index is 12.6. The van der Waals surface area contributed by atoms with E-state index in [0.29, 0.717) is 11.1 Å². The molecule has 0 saturated carbocycles. The minimum absolute atomic E-state index is 0.0125. The van der Waals surface area contributed by atoms with Gasteiger partial charge in [0.2, 0.25) is 10.0 Å². The molecular weight excluding hydrogens is 408 g/mol. The van der Waals surface area contributed by atoms with Crippen molar-refractivity contribution in [1.82, 2.24) is 4.72 Å². The summed E-state index contributed by atoms with van der Waals surface area (Å²) < 4.78 is 33.2. The first-order chi connectivity index (χ1) is 11.9. The molecule has 130 valence electrons. The Balaban J connectivity index is 2.32. The molecule has 1 atom stereocenters. The van der Waals surface area contributed by atoms with Crippen LogP contribution >= 0.6 is 15.9 Å². The molecule has 2 rings (SSSR count). The van der Waals surface area contributed by atoms with Gasteiger partial charge in [0, 0.05) is 4.47 Å². The Kier molecular flexibility index (Phi) is 6.31. The lowest BCUT2D eigenvalue weighted by atomic mass is 10.1. The molecule has 0 amide bonds. The molecule has 1 unspecified atom stereocenters. The molecule has 0 radical (unpaired) electrons. The monoisotopic (exact) mass is 422 g/mol. The quantitative estimate of drug-likeness (QED) is 0.721. The molecule has 2 aromatic rings. The number of nitrogens with one attached hydrogen (secondary N) is 1. The second-order valence-electron chi connectivity index (χ2n) is 5.14. The lowest BCUT2D eigenvalue weighted by Crippen LogP contribution is -2.30. The summed E-state index contributed by atoms with van der Waals surface area (Å²) in [7, 11) is -2.63. The van der Waals surface area contributed by atoms with Crippen LogP contribution in [-0.4, -0.2) is 21.5 Å². The van der Waals surface area contributed by atoms with Crippen LogP contribution in [0.5, 0.6) is 0 Å². The number of sulfonamides is 1.